The molecule has 0 amide bonds. The van der Waals surface area contributed by atoms with Gasteiger partial charge in [0.2, 0.25) is 0 Å². The molecule has 1 saturated carbocycles. The minimum atomic E-state index is -2.85. The number of sulfone groups is 1. The van der Waals surface area contributed by atoms with Crippen LogP contribution in [0.2, 0.25) is 0 Å². The maximum atomic E-state index is 11.3. The lowest BCUT2D eigenvalue weighted by molar-refractivity contribution is 0.600. The molecule has 0 aromatic heterocycles. The van der Waals surface area contributed by atoms with E-state index in [4.69, 9.17) is 0 Å². The summed E-state index contributed by atoms with van der Waals surface area (Å²) in [5.74, 6) is 0. The molecule has 0 aromatic rings. The van der Waals surface area contributed by atoms with Gasteiger partial charge in [-0.1, -0.05) is 6.08 Å². The Bertz CT molecular complexity index is 245. The highest BCUT2D eigenvalue weighted by Gasteiger charge is 2.36. The van der Waals surface area contributed by atoms with Crippen molar-refractivity contribution >= 4 is 9.84 Å². The Morgan fingerprint density at radius 2 is 2.00 bits per heavy atom. The van der Waals surface area contributed by atoms with E-state index in [9.17, 15) is 8.42 Å². The van der Waals surface area contributed by atoms with Crippen molar-refractivity contribution in [1.29, 1.82) is 0 Å². The lowest BCUT2D eigenvalue weighted by Crippen LogP contribution is -2.06. The Morgan fingerprint density at radius 1 is 1.50 bits per heavy atom. The monoisotopic (exact) mass is 160 g/mol. The van der Waals surface area contributed by atoms with Crippen molar-refractivity contribution in [2.75, 3.05) is 0 Å². The molecule has 0 unspecified atom stereocenters. The van der Waals surface area contributed by atoms with E-state index in [1.54, 1.807) is 19.9 Å². The second kappa shape index (κ2) is 2.38. The lowest BCUT2D eigenvalue weighted by atomic mass is 10.6. The van der Waals surface area contributed by atoms with E-state index in [0.29, 0.717) is 4.91 Å². The van der Waals surface area contributed by atoms with Gasteiger partial charge in [0, 0.05) is 4.91 Å². The highest BCUT2D eigenvalue weighted by molar-refractivity contribution is 7.96. The van der Waals surface area contributed by atoms with E-state index < -0.39 is 9.84 Å². The Balaban J connectivity index is 2.88. The molecule has 0 saturated heterocycles. The zero-order valence-corrected chi connectivity index (χ0v) is 7.11. The van der Waals surface area contributed by atoms with Crippen LogP contribution in [0.5, 0.6) is 0 Å². The molecule has 2 nitrogen and oxygen atoms in total. The van der Waals surface area contributed by atoms with Crippen LogP contribution < -0.4 is 0 Å². The second-order valence-corrected chi connectivity index (χ2v) is 5.04. The number of allylic oxidation sites excluding steroid dienone is 2. The predicted octanol–water partition coefficient (Wildman–Crippen LogP) is 1.49. The zero-order chi connectivity index (χ0) is 7.78. The largest absolute Gasteiger partial charge is 0.224 e. The fourth-order valence-electron chi connectivity index (χ4n) is 0.806. The minimum absolute atomic E-state index is 0.0521. The summed E-state index contributed by atoms with van der Waals surface area (Å²) in [6.45, 7) is 3.42. The molecule has 0 bridgehead atoms. The molecule has 1 aliphatic rings. The average Bonchev–Trinajstić information content (AvgIpc) is 2.66. The van der Waals surface area contributed by atoms with Gasteiger partial charge in [-0.25, -0.2) is 8.42 Å². The molecule has 1 rings (SSSR count). The fourth-order valence-corrected chi connectivity index (χ4v) is 2.42. The Morgan fingerprint density at radius 3 is 2.30 bits per heavy atom. The first-order valence-corrected chi connectivity index (χ1v) is 5.00. The SMILES string of the molecule is CC=C(C)S(=O)(=O)C1CC1. The molecule has 10 heavy (non-hydrogen) atoms. The van der Waals surface area contributed by atoms with Crippen LogP contribution in [-0.2, 0) is 9.84 Å². The molecule has 0 aliphatic heterocycles. The first-order valence-electron chi connectivity index (χ1n) is 3.46. The van der Waals surface area contributed by atoms with Gasteiger partial charge in [-0.05, 0) is 26.7 Å². The molecule has 1 aliphatic carbocycles. The van der Waals surface area contributed by atoms with Crippen LogP contribution in [0.25, 0.3) is 0 Å². The van der Waals surface area contributed by atoms with Gasteiger partial charge in [0.05, 0.1) is 5.25 Å². The summed E-state index contributed by atoms with van der Waals surface area (Å²) in [4.78, 5) is 0.523. The molecule has 1 fully saturated rings. The molecular weight excluding hydrogens is 148 g/mol. The third-order valence-corrected chi connectivity index (χ3v) is 4.30. The third kappa shape index (κ3) is 1.24. The van der Waals surface area contributed by atoms with E-state index in [2.05, 4.69) is 0 Å². The van der Waals surface area contributed by atoms with Crippen LogP contribution in [0.4, 0.5) is 0 Å². The number of hydrogen-bond acceptors (Lipinski definition) is 2. The summed E-state index contributed by atoms with van der Waals surface area (Å²) in [5, 5.41) is -0.0521. The van der Waals surface area contributed by atoms with Gasteiger partial charge in [0.15, 0.2) is 9.84 Å². The van der Waals surface area contributed by atoms with Crippen LogP contribution in [-0.4, -0.2) is 13.7 Å². The Hall–Kier alpha value is -0.310. The molecule has 0 aromatic carbocycles. The van der Waals surface area contributed by atoms with Crippen LogP contribution in [0.15, 0.2) is 11.0 Å². The summed E-state index contributed by atoms with van der Waals surface area (Å²) in [6.07, 6.45) is 3.37. The van der Waals surface area contributed by atoms with Gasteiger partial charge < -0.3 is 0 Å². The lowest BCUT2D eigenvalue weighted by Gasteiger charge is -1.98. The topological polar surface area (TPSA) is 34.1 Å². The number of rotatable bonds is 2. The molecular formula is C7H12O2S. The summed E-state index contributed by atoms with van der Waals surface area (Å²) in [5.41, 5.74) is 0. The molecule has 0 N–H and O–H groups in total. The summed E-state index contributed by atoms with van der Waals surface area (Å²) in [6, 6.07) is 0. The van der Waals surface area contributed by atoms with E-state index in [1.807, 2.05) is 0 Å². The van der Waals surface area contributed by atoms with Crippen molar-refractivity contribution in [3.63, 3.8) is 0 Å². The van der Waals surface area contributed by atoms with Crippen molar-refractivity contribution in [2.45, 2.75) is 31.9 Å². The van der Waals surface area contributed by atoms with E-state index in [-0.39, 0.29) is 5.25 Å². The molecule has 0 radical (unpaired) electrons. The van der Waals surface area contributed by atoms with E-state index in [0.717, 1.165) is 12.8 Å². The van der Waals surface area contributed by atoms with Crippen molar-refractivity contribution < 1.29 is 8.42 Å². The van der Waals surface area contributed by atoms with Gasteiger partial charge in [-0.15, -0.1) is 0 Å². The van der Waals surface area contributed by atoms with E-state index in [1.165, 1.54) is 0 Å². The highest BCUT2D eigenvalue weighted by Crippen LogP contribution is 2.32. The standard InChI is InChI=1S/C7H12O2S/c1-3-6(2)10(8,9)7-4-5-7/h3,7H,4-5H2,1-2H3. The fraction of sp³-hybridized carbons (Fsp3) is 0.714. The smallest absolute Gasteiger partial charge is 0.176 e. The van der Waals surface area contributed by atoms with Gasteiger partial charge >= 0.3 is 0 Å². The zero-order valence-electron chi connectivity index (χ0n) is 6.29. The second-order valence-electron chi connectivity index (χ2n) is 2.64. The van der Waals surface area contributed by atoms with Crippen molar-refractivity contribution in [3.05, 3.63) is 11.0 Å². The molecule has 0 atom stereocenters. The maximum absolute atomic E-state index is 11.3. The molecule has 58 valence electrons. The van der Waals surface area contributed by atoms with Crippen molar-refractivity contribution in [3.8, 4) is 0 Å². The number of hydrogen-bond donors (Lipinski definition) is 0. The minimum Gasteiger partial charge on any atom is -0.224 e. The first-order chi connectivity index (χ1) is 4.59. The van der Waals surface area contributed by atoms with Gasteiger partial charge in [-0.2, -0.15) is 0 Å². The van der Waals surface area contributed by atoms with Crippen molar-refractivity contribution in [1.82, 2.24) is 0 Å². The quantitative estimate of drug-likeness (QED) is 0.613. The summed E-state index contributed by atoms with van der Waals surface area (Å²) in [7, 11) is -2.85. The first kappa shape index (κ1) is 7.79. The van der Waals surface area contributed by atoms with Crippen LogP contribution in [0.3, 0.4) is 0 Å². The third-order valence-electron chi connectivity index (χ3n) is 1.82. The molecule has 0 heterocycles. The molecule has 3 heteroatoms. The highest BCUT2D eigenvalue weighted by atomic mass is 32.2. The Labute approximate surface area is 61.9 Å². The van der Waals surface area contributed by atoms with Gasteiger partial charge in [-0.3, -0.25) is 0 Å². The van der Waals surface area contributed by atoms with Gasteiger partial charge in [0.1, 0.15) is 0 Å². The maximum Gasteiger partial charge on any atom is 0.176 e. The van der Waals surface area contributed by atoms with Crippen LogP contribution in [0.1, 0.15) is 26.7 Å². The predicted molar refractivity (Wildman–Crippen MR) is 41.4 cm³/mol. The molecule has 0 spiro atoms. The summed E-state index contributed by atoms with van der Waals surface area (Å²) >= 11 is 0. The van der Waals surface area contributed by atoms with E-state index >= 15 is 0 Å². The van der Waals surface area contributed by atoms with Crippen LogP contribution in [0, 0.1) is 0 Å². The summed E-state index contributed by atoms with van der Waals surface area (Å²) < 4.78 is 22.5. The normalized spacial score (nSPS) is 21.2. The average molecular weight is 160 g/mol. The van der Waals surface area contributed by atoms with Crippen molar-refractivity contribution in [2.24, 2.45) is 0 Å². The van der Waals surface area contributed by atoms with Gasteiger partial charge in [0.25, 0.3) is 0 Å². The van der Waals surface area contributed by atoms with Crippen LogP contribution >= 0.6 is 0 Å². The Kier molecular flexibility index (Phi) is 1.86.